The van der Waals surface area contributed by atoms with Gasteiger partial charge in [-0.25, -0.2) is 4.39 Å². The van der Waals surface area contributed by atoms with Gasteiger partial charge < -0.3 is 15.0 Å². The van der Waals surface area contributed by atoms with Gasteiger partial charge >= 0.3 is 0 Å². The van der Waals surface area contributed by atoms with Crippen LogP contribution in [0.5, 0.6) is 5.75 Å². The number of aliphatic imine (C=N–C) groups is 1. The lowest BCUT2D eigenvalue weighted by Gasteiger charge is -2.22. The van der Waals surface area contributed by atoms with Crippen LogP contribution < -0.4 is 10.1 Å². The smallest absolute Gasteiger partial charge is 0.193 e. The summed E-state index contributed by atoms with van der Waals surface area (Å²) in [5, 5.41) is 11.9. The van der Waals surface area contributed by atoms with E-state index in [9.17, 15) is 4.39 Å². The predicted molar refractivity (Wildman–Crippen MR) is 111 cm³/mol. The SMILES string of the molecule is CN=C(NCc1ccc(C#N)cc1F)N(C)Cc1ccc(OC)cc1.I. The normalized spacial score (nSPS) is 10.5. The molecule has 0 heterocycles. The minimum Gasteiger partial charge on any atom is -0.497 e. The Morgan fingerprint density at radius 2 is 1.96 bits per heavy atom. The average Bonchev–Trinajstić information content (AvgIpc) is 2.63. The molecule has 1 N–H and O–H groups in total. The van der Waals surface area contributed by atoms with Crippen LogP contribution in [0.3, 0.4) is 0 Å². The lowest BCUT2D eigenvalue weighted by atomic mass is 10.1. The standard InChI is InChI=1S/C19H21FN4O.HI/c1-22-19(23-12-16-7-4-15(11-21)10-18(16)20)24(2)13-14-5-8-17(25-3)9-6-14;/h4-10H,12-13H2,1-3H3,(H,22,23);1H. The Bertz CT molecular complexity index is 787. The summed E-state index contributed by atoms with van der Waals surface area (Å²) >= 11 is 0. The fourth-order valence-corrected chi connectivity index (χ4v) is 2.40. The van der Waals surface area contributed by atoms with Crippen LogP contribution in [0.2, 0.25) is 0 Å². The summed E-state index contributed by atoms with van der Waals surface area (Å²) in [5.41, 5.74) is 1.90. The number of nitrogens with zero attached hydrogens (tertiary/aromatic N) is 3. The molecule has 26 heavy (non-hydrogen) atoms. The molecule has 2 aromatic carbocycles. The van der Waals surface area contributed by atoms with E-state index in [1.54, 1.807) is 26.3 Å². The van der Waals surface area contributed by atoms with Gasteiger partial charge in [0.05, 0.1) is 18.7 Å². The van der Waals surface area contributed by atoms with Crippen molar-refractivity contribution >= 4 is 29.9 Å². The molecule has 0 saturated carbocycles. The molecule has 0 amide bonds. The first-order chi connectivity index (χ1) is 12.1. The summed E-state index contributed by atoms with van der Waals surface area (Å²) in [7, 11) is 5.23. The van der Waals surface area contributed by atoms with Gasteiger partial charge in [0.15, 0.2) is 5.96 Å². The molecule has 0 radical (unpaired) electrons. The van der Waals surface area contributed by atoms with Crippen molar-refractivity contribution in [1.29, 1.82) is 5.26 Å². The Labute approximate surface area is 170 Å². The maximum atomic E-state index is 14.0. The van der Waals surface area contributed by atoms with Crippen LogP contribution in [0, 0.1) is 17.1 Å². The van der Waals surface area contributed by atoms with Gasteiger partial charge in [0.2, 0.25) is 0 Å². The average molecular weight is 468 g/mol. The third-order valence-electron chi connectivity index (χ3n) is 3.77. The van der Waals surface area contributed by atoms with Gasteiger partial charge in [-0.3, -0.25) is 4.99 Å². The molecule has 0 fully saturated rings. The number of rotatable bonds is 5. The van der Waals surface area contributed by atoms with Crippen molar-refractivity contribution in [3.05, 3.63) is 65.0 Å². The highest BCUT2D eigenvalue weighted by Gasteiger charge is 2.09. The molecule has 2 aromatic rings. The van der Waals surface area contributed by atoms with Crippen molar-refractivity contribution in [1.82, 2.24) is 10.2 Å². The molecular weight excluding hydrogens is 446 g/mol. The highest BCUT2D eigenvalue weighted by Crippen LogP contribution is 2.13. The van der Waals surface area contributed by atoms with Crippen LogP contribution in [0.1, 0.15) is 16.7 Å². The summed E-state index contributed by atoms with van der Waals surface area (Å²) in [6.07, 6.45) is 0. The number of guanidine groups is 1. The molecule has 0 bridgehead atoms. The first kappa shape index (κ1) is 21.7. The second-order valence-electron chi connectivity index (χ2n) is 5.52. The summed E-state index contributed by atoms with van der Waals surface area (Å²) in [6, 6.07) is 14.2. The van der Waals surface area contributed by atoms with E-state index in [4.69, 9.17) is 10.00 Å². The maximum Gasteiger partial charge on any atom is 0.193 e. The zero-order valence-corrected chi connectivity index (χ0v) is 17.3. The van der Waals surface area contributed by atoms with Crippen molar-refractivity contribution in [2.75, 3.05) is 21.2 Å². The Morgan fingerprint density at radius 1 is 1.27 bits per heavy atom. The lowest BCUT2D eigenvalue weighted by molar-refractivity contribution is 0.414. The van der Waals surface area contributed by atoms with Crippen LogP contribution in [0.4, 0.5) is 4.39 Å². The summed E-state index contributed by atoms with van der Waals surface area (Å²) in [6.45, 7) is 0.941. The van der Waals surface area contributed by atoms with Crippen LogP contribution in [-0.4, -0.2) is 32.1 Å². The fraction of sp³-hybridized carbons (Fsp3) is 0.263. The van der Waals surface area contributed by atoms with E-state index in [-0.39, 0.29) is 30.5 Å². The molecule has 0 spiro atoms. The summed E-state index contributed by atoms with van der Waals surface area (Å²) < 4.78 is 19.1. The van der Waals surface area contributed by atoms with Crippen molar-refractivity contribution in [3.63, 3.8) is 0 Å². The highest BCUT2D eigenvalue weighted by molar-refractivity contribution is 14.0. The maximum absolute atomic E-state index is 14.0. The van der Waals surface area contributed by atoms with Crippen molar-refractivity contribution in [2.24, 2.45) is 4.99 Å². The molecule has 0 aliphatic rings. The number of hydrogen-bond donors (Lipinski definition) is 1. The molecule has 0 atom stereocenters. The molecule has 7 heteroatoms. The Kier molecular flexibility index (Phi) is 8.85. The molecule has 2 rings (SSSR count). The molecule has 0 unspecified atom stereocenters. The van der Waals surface area contributed by atoms with Crippen LogP contribution in [-0.2, 0) is 13.1 Å². The molecule has 0 saturated heterocycles. The van der Waals surface area contributed by atoms with Gasteiger partial charge in [0, 0.05) is 32.7 Å². The van der Waals surface area contributed by atoms with Gasteiger partial charge in [-0.2, -0.15) is 5.26 Å². The van der Waals surface area contributed by atoms with E-state index >= 15 is 0 Å². The van der Waals surface area contributed by atoms with E-state index < -0.39 is 5.82 Å². The molecule has 138 valence electrons. The van der Waals surface area contributed by atoms with Gasteiger partial charge in [0.1, 0.15) is 11.6 Å². The number of benzene rings is 2. The summed E-state index contributed by atoms with van der Waals surface area (Å²) in [4.78, 5) is 6.18. The quantitative estimate of drug-likeness (QED) is 0.415. The number of nitriles is 1. The number of hydrogen-bond acceptors (Lipinski definition) is 3. The van der Waals surface area contributed by atoms with Gasteiger partial charge in [0.25, 0.3) is 0 Å². The molecule has 0 aromatic heterocycles. The van der Waals surface area contributed by atoms with Crippen molar-refractivity contribution in [3.8, 4) is 11.8 Å². The van der Waals surface area contributed by atoms with E-state index in [1.165, 1.54) is 6.07 Å². The third kappa shape index (κ3) is 5.88. The second-order valence-corrected chi connectivity index (χ2v) is 5.52. The van der Waals surface area contributed by atoms with Gasteiger partial charge in [-0.15, -0.1) is 24.0 Å². The largest absolute Gasteiger partial charge is 0.497 e. The zero-order valence-electron chi connectivity index (χ0n) is 15.0. The third-order valence-corrected chi connectivity index (χ3v) is 3.77. The Hall–Kier alpha value is -2.34. The van der Waals surface area contributed by atoms with Crippen LogP contribution in [0.25, 0.3) is 0 Å². The number of ether oxygens (including phenoxy) is 1. The molecular formula is C19H22FIN4O. The van der Waals surface area contributed by atoms with Crippen LogP contribution >= 0.6 is 24.0 Å². The fourth-order valence-electron chi connectivity index (χ4n) is 2.40. The van der Waals surface area contributed by atoms with Crippen molar-refractivity contribution < 1.29 is 9.13 Å². The van der Waals surface area contributed by atoms with E-state index in [0.29, 0.717) is 23.6 Å². The number of halogens is 2. The predicted octanol–water partition coefficient (Wildman–Crippen LogP) is 3.53. The van der Waals surface area contributed by atoms with Crippen molar-refractivity contribution in [2.45, 2.75) is 13.1 Å². The second kappa shape index (κ2) is 10.6. The topological polar surface area (TPSA) is 60.7 Å². The van der Waals surface area contributed by atoms with E-state index in [0.717, 1.165) is 11.3 Å². The number of nitrogens with one attached hydrogen (secondary N) is 1. The number of methoxy groups -OCH3 is 1. The summed E-state index contributed by atoms with van der Waals surface area (Å²) in [5.74, 6) is 1.06. The van der Waals surface area contributed by atoms with Gasteiger partial charge in [-0.1, -0.05) is 18.2 Å². The molecule has 5 nitrogen and oxygen atoms in total. The monoisotopic (exact) mass is 468 g/mol. The molecule has 0 aliphatic heterocycles. The van der Waals surface area contributed by atoms with Gasteiger partial charge in [-0.05, 0) is 29.8 Å². The minimum atomic E-state index is -0.403. The first-order valence-corrected chi connectivity index (χ1v) is 7.80. The minimum absolute atomic E-state index is 0. The Morgan fingerprint density at radius 3 is 2.50 bits per heavy atom. The zero-order chi connectivity index (χ0) is 18.2. The highest BCUT2D eigenvalue weighted by atomic mass is 127. The first-order valence-electron chi connectivity index (χ1n) is 7.80. The lowest BCUT2D eigenvalue weighted by Crippen LogP contribution is -2.38. The Balaban J connectivity index is 0.00000338. The van der Waals surface area contributed by atoms with E-state index in [2.05, 4.69) is 10.3 Å². The van der Waals surface area contributed by atoms with E-state index in [1.807, 2.05) is 42.3 Å². The van der Waals surface area contributed by atoms with Crippen LogP contribution in [0.15, 0.2) is 47.5 Å². The molecule has 0 aliphatic carbocycles.